The molecule has 0 radical (unpaired) electrons. The molecule has 2 atom stereocenters. The second kappa shape index (κ2) is 8.52. The molecule has 0 bridgehead atoms. The standard InChI is InChI=1S/C17H26N4O3/c1-12-6-4-5-9-21(12)16(22)13(2)20-17(23)19-11-14-7-8-18-15(10-14)24-3/h7-8,10,12-13H,4-6,9,11H2,1-3H3,(H2,19,20,23). The molecule has 1 aliphatic rings. The molecule has 1 aliphatic heterocycles. The van der Waals surface area contributed by atoms with E-state index in [4.69, 9.17) is 4.74 Å². The first-order valence-electron chi connectivity index (χ1n) is 8.35. The van der Waals surface area contributed by atoms with Crippen LogP contribution in [0.4, 0.5) is 4.79 Å². The summed E-state index contributed by atoms with van der Waals surface area (Å²) in [5, 5.41) is 5.45. The van der Waals surface area contributed by atoms with Gasteiger partial charge in [-0.15, -0.1) is 0 Å². The molecular weight excluding hydrogens is 308 g/mol. The number of rotatable bonds is 5. The van der Waals surface area contributed by atoms with Crippen LogP contribution in [-0.4, -0.2) is 47.6 Å². The first-order valence-corrected chi connectivity index (χ1v) is 8.35. The van der Waals surface area contributed by atoms with Crippen molar-refractivity contribution in [3.8, 4) is 5.88 Å². The minimum absolute atomic E-state index is 0.0251. The first kappa shape index (κ1) is 18.0. The van der Waals surface area contributed by atoms with Crippen LogP contribution in [0, 0.1) is 0 Å². The van der Waals surface area contributed by atoms with E-state index in [1.807, 2.05) is 4.90 Å². The topological polar surface area (TPSA) is 83.6 Å². The zero-order chi connectivity index (χ0) is 17.5. The molecule has 7 nitrogen and oxygen atoms in total. The van der Waals surface area contributed by atoms with Crippen molar-refractivity contribution in [3.63, 3.8) is 0 Å². The minimum atomic E-state index is -0.544. The third-order valence-corrected chi connectivity index (χ3v) is 4.27. The van der Waals surface area contributed by atoms with Gasteiger partial charge in [0.25, 0.3) is 0 Å². The Hall–Kier alpha value is -2.31. The molecule has 1 fully saturated rings. The molecular formula is C17H26N4O3. The van der Waals surface area contributed by atoms with Crippen molar-refractivity contribution < 1.29 is 14.3 Å². The van der Waals surface area contributed by atoms with Gasteiger partial charge in [-0.1, -0.05) is 0 Å². The second-order valence-corrected chi connectivity index (χ2v) is 6.13. The number of ether oxygens (including phenoxy) is 1. The number of hydrogen-bond donors (Lipinski definition) is 2. The van der Waals surface area contributed by atoms with Gasteiger partial charge in [0.1, 0.15) is 6.04 Å². The van der Waals surface area contributed by atoms with Gasteiger partial charge in [-0.2, -0.15) is 0 Å². The molecule has 7 heteroatoms. The van der Waals surface area contributed by atoms with Gasteiger partial charge in [-0.3, -0.25) is 4.79 Å². The predicted molar refractivity (Wildman–Crippen MR) is 90.6 cm³/mol. The first-order chi connectivity index (χ1) is 11.5. The highest BCUT2D eigenvalue weighted by Crippen LogP contribution is 2.17. The van der Waals surface area contributed by atoms with E-state index >= 15 is 0 Å². The van der Waals surface area contributed by atoms with Crippen molar-refractivity contribution in [2.24, 2.45) is 0 Å². The summed E-state index contributed by atoms with van der Waals surface area (Å²) < 4.78 is 5.05. The van der Waals surface area contributed by atoms with E-state index in [1.165, 1.54) is 0 Å². The highest BCUT2D eigenvalue weighted by molar-refractivity contribution is 5.87. The van der Waals surface area contributed by atoms with Crippen LogP contribution in [0.1, 0.15) is 38.7 Å². The zero-order valence-corrected chi connectivity index (χ0v) is 14.5. The number of hydrogen-bond acceptors (Lipinski definition) is 4. The Kier molecular flexibility index (Phi) is 6.40. The normalized spacial score (nSPS) is 18.6. The average molecular weight is 334 g/mol. The summed E-state index contributed by atoms with van der Waals surface area (Å²) in [6.45, 7) is 4.88. The fraction of sp³-hybridized carbons (Fsp3) is 0.588. The summed E-state index contributed by atoms with van der Waals surface area (Å²) in [6, 6.07) is 2.88. The maximum atomic E-state index is 12.5. The zero-order valence-electron chi connectivity index (χ0n) is 14.5. The maximum absolute atomic E-state index is 12.5. The molecule has 2 heterocycles. The number of methoxy groups -OCH3 is 1. The van der Waals surface area contributed by atoms with Crippen LogP contribution in [0.5, 0.6) is 5.88 Å². The van der Waals surface area contributed by atoms with Crippen molar-refractivity contribution >= 4 is 11.9 Å². The maximum Gasteiger partial charge on any atom is 0.315 e. The smallest absolute Gasteiger partial charge is 0.315 e. The third-order valence-electron chi connectivity index (χ3n) is 4.27. The number of aromatic nitrogens is 1. The van der Waals surface area contributed by atoms with Crippen molar-refractivity contribution in [1.29, 1.82) is 0 Å². The van der Waals surface area contributed by atoms with E-state index in [1.54, 1.807) is 32.4 Å². The average Bonchev–Trinajstić information content (AvgIpc) is 2.60. The van der Waals surface area contributed by atoms with Crippen LogP contribution in [0.3, 0.4) is 0 Å². The number of amides is 3. The lowest BCUT2D eigenvalue weighted by Crippen LogP contribution is -2.53. The highest BCUT2D eigenvalue weighted by atomic mass is 16.5. The van der Waals surface area contributed by atoms with E-state index in [0.29, 0.717) is 12.4 Å². The Bertz CT molecular complexity index is 579. The summed E-state index contributed by atoms with van der Waals surface area (Å²) in [5.41, 5.74) is 0.876. The van der Waals surface area contributed by atoms with Crippen LogP contribution in [0.2, 0.25) is 0 Å². The van der Waals surface area contributed by atoms with E-state index in [0.717, 1.165) is 31.4 Å². The van der Waals surface area contributed by atoms with Crippen LogP contribution in [-0.2, 0) is 11.3 Å². The molecule has 1 aromatic heterocycles. The monoisotopic (exact) mass is 334 g/mol. The number of pyridine rings is 1. The predicted octanol–water partition coefficient (Wildman–Crippen LogP) is 1.68. The lowest BCUT2D eigenvalue weighted by molar-refractivity contribution is -0.136. The molecule has 132 valence electrons. The molecule has 2 unspecified atom stereocenters. The lowest BCUT2D eigenvalue weighted by Gasteiger charge is -2.35. The molecule has 0 aromatic carbocycles. The van der Waals surface area contributed by atoms with Crippen LogP contribution < -0.4 is 15.4 Å². The van der Waals surface area contributed by atoms with Crippen molar-refractivity contribution in [3.05, 3.63) is 23.9 Å². The van der Waals surface area contributed by atoms with Crippen LogP contribution >= 0.6 is 0 Å². The van der Waals surface area contributed by atoms with Crippen molar-refractivity contribution in [2.45, 2.75) is 51.7 Å². The highest BCUT2D eigenvalue weighted by Gasteiger charge is 2.27. The molecule has 0 aliphatic carbocycles. The Morgan fingerprint density at radius 2 is 2.25 bits per heavy atom. The molecule has 2 N–H and O–H groups in total. The Morgan fingerprint density at radius 3 is 2.96 bits per heavy atom. The van der Waals surface area contributed by atoms with Gasteiger partial charge in [0.2, 0.25) is 11.8 Å². The number of likely N-dealkylation sites (tertiary alicyclic amines) is 1. The number of nitrogens with zero attached hydrogens (tertiary/aromatic N) is 2. The van der Waals surface area contributed by atoms with Crippen molar-refractivity contribution in [1.82, 2.24) is 20.5 Å². The molecule has 0 spiro atoms. The fourth-order valence-corrected chi connectivity index (χ4v) is 2.84. The van der Waals surface area contributed by atoms with E-state index < -0.39 is 6.04 Å². The minimum Gasteiger partial charge on any atom is -0.481 e. The number of carbonyl (C=O) groups excluding carboxylic acids is 2. The van der Waals surface area contributed by atoms with Gasteiger partial charge in [0, 0.05) is 31.4 Å². The number of nitrogens with one attached hydrogen (secondary N) is 2. The molecule has 24 heavy (non-hydrogen) atoms. The number of piperidine rings is 1. The van der Waals surface area contributed by atoms with Gasteiger partial charge in [0.05, 0.1) is 7.11 Å². The summed E-state index contributed by atoms with van der Waals surface area (Å²) in [4.78, 5) is 30.3. The van der Waals surface area contributed by atoms with E-state index in [-0.39, 0.29) is 18.0 Å². The van der Waals surface area contributed by atoms with Gasteiger partial charge in [-0.05, 0) is 44.7 Å². The summed E-state index contributed by atoms with van der Waals surface area (Å²) >= 11 is 0. The van der Waals surface area contributed by atoms with Gasteiger partial charge >= 0.3 is 6.03 Å². The van der Waals surface area contributed by atoms with E-state index in [2.05, 4.69) is 22.5 Å². The quantitative estimate of drug-likeness (QED) is 0.858. The van der Waals surface area contributed by atoms with Crippen LogP contribution in [0.15, 0.2) is 18.3 Å². The number of urea groups is 1. The Balaban J connectivity index is 1.81. The number of carbonyl (C=O) groups is 2. The lowest BCUT2D eigenvalue weighted by atomic mass is 10.0. The molecule has 0 saturated carbocycles. The van der Waals surface area contributed by atoms with E-state index in [9.17, 15) is 9.59 Å². The molecule has 1 aromatic rings. The Morgan fingerprint density at radius 1 is 1.46 bits per heavy atom. The fourth-order valence-electron chi connectivity index (χ4n) is 2.84. The molecule has 2 rings (SSSR count). The van der Waals surface area contributed by atoms with Crippen molar-refractivity contribution in [2.75, 3.05) is 13.7 Å². The largest absolute Gasteiger partial charge is 0.481 e. The van der Waals surface area contributed by atoms with Gasteiger partial charge < -0.3 is 20.3 Å². The summed E-state index contributed by atoms with van der Waals surface area (Å²) in [5.74, 6) is 0.472. The Labute approximate surface area is 142 Å². The van der Waals surface area contributed by atoms with Gasteiger partial charge in [-0.25, -0.2) is 9.78 Å². The summed E-state index contributed by atoms with van der Waals surface area (Å²) in [7, 11) is 1.54. The SMILES string of the molecule is COc1cc(CNC(=O)NC(C)C(=O)N2CCCCC2C)ccn1. The molecule has 3 amide bonds. The molecule has 1 saturated heterocycles. The van der Waals surface area contributed by atoms with Crippen LogP contribution in [0.25, 0.3) is 0 Å². The van der Waals surface area contributed by atoms with Gasteiger partial charge in [0.15, 0.2) is 0 Å². The summed E-state index contributed by atoms with van der Waals surface area (Å²) in [6.07, 6.45) is 4.83. The second-order valence-electron chi connectivity index (χ2n) is 6.13. The third kappa shape index (κ3) is 4.84.